The number of carbonyl (C=O) groups excluding carboxylic acids is 1. The van der Waals surface area contributed by atoms with Crippen molar-refractivity contribution in [2.24, 2.45) is 0 Å². The van der Waals surface area contributed by atoms with E-state index in [1.165, 1.54) is 0 Å². The van der Waals surface area contributed by atoms with Gasteiger partial charge in [-0.15, -0.1) is 0 Å². The smallest absolute Gasteiger partial charge is 0.272 e. The Bertz CT molecular complexity index is 856. The molecular weight excluding hydrogens is 302 g/mol. The molecule has 1 N–H and O–H groups in total. The molecule has 0 spiro atoms. The number of carbonyl (C=O) groups is 1. The standard InChI is InChI=1S/C18H21N5O/c1-4-12(3)20-18(24)16-15(13-9-7-6-8-10-13)22-17-14(21-16)11-19-23(17)5-2/h6-12H,4-5H2,1-3H3,(H,20,24). The van der Waals surface area contributed by atoms with E-state index in [2.05, 4.69) is 15.4 Å². The van der Waals surface area contributed by atoms with Gasteiger partial charge in [-0.05, 0) is 20.3 Å². The minimum atomic E-state index is -0.207. The molecule has 1 aromatic carbocycles. The fraction of sp³-hybridized carbons (Fsp3) is 0.333. The highest BCUT2D eigenvalue weighted by atomic mass is 16.2. The summed E-state index contributed by atoms with van der Waals surface area (Å²) in [5.41, 5.74) is 3.11. The van der Waals surface area contributed by atoms with Crippen molar-refractivity contribution in [1.29, 1.82) is 0 Å². The van der Waals surface area contributed by atoms with Crippen molar-refractivity contribution in [3.63, 3.8) is 0 Å². The van der Waals surface area contributed by atoms with E-state index in [1.807, 2.05) is 51.1 Å². The molecule has 0 aliphatic heterocycles. The van der Waals surface area contributed by atoms with E-state index >= 15 is 0 Å². The Hall–Kier alpha value is -2.76. The van der Waals surface area contributed by atoms with Crippen LogP contribution in [0.3, 0.4) is 0 Å². The van der Waals surface area contributed by atoms with E-state index in [1.54, 1.807) is 10.9 Å². The van der Waals surface area contributed by atoms with Crippen LogP contribution in [0.25, 0.3) is 22.4 Å². The van der Waals surface area contributed by atoms with Gasteiger partial charge in [0.25, 0.3) is 5.91 Å². The Kier molecular flexibility index (Phi) is 4.55. The van der Waals surface area contributed by atoms with E-state index in [0.717, 1.165) is 12.0 Å². The van der Waals surface area contributed by atoms with Gasteiger partial charge in [-0.3, -0.25) is 4.79 Å². The molecule has 6 nitrogen and oxygen atoms in total. The second-order valence-corrected chi connectivity index (χ2v) is 5.74. The molecule has 0 radical (unpaired) electrons. The Morgan fingerprint density at radius 2 is 1.96 bits per heavy atom. The van der Waals surface area contributed by atoms with Crippen molar-refractivity contribution in [2.45, 2.75) is 39.8 Å². The van der Waals surface area contributed by atoms with Crippen LogP contribution in [0.1, 0.15) is 37.7 Å². The second kappa shape index (κ2) is 6.78. The zero-order chi connectivity index (χ0) is 17.1. The molecule has 24 heavy (non-hydrogen) atoms. The van der Waals surface area contributed by atoms with Crippen LogP contribution in [0.15, 0.2) is 36.5 Å². The zero-order valence-electron chi connectivity index (χ0n) is 14.2. The molecule has 6 heteroatoms. The SMILES string of the molecule is CCC(C)NC(=O)c1nc2cnn(CC)c2nc1-c1ccccc1. The van der Waals surface area contributed by atoms with Crippen molar-refractivity contribution >= 4 is 17.1 Å². The van der Waals surface area contributed by atoms with E-state index in [-0.39, 0.29) is 11.9 Å². The largest absolute Gasteiger partial charge is 0.348 e. The average molecular weight is 323 g/mol. The van der Waals surface area contributed by atoms with Crippen LogP contribution in [0, 0.1) is 0 Å². The van der Waals surface area contributed by atoms with E-state index in [0.29, 0.717) is 29.1 Å². The molecule has 124 valence electrons. The minimum absolute atomic E-state index is 0.0805. The van der Waals surface area contributed by atoms with Crippen molar-refractivity contribution in [3.05, 3.63) is 42.2 Å². The third-order valence-corrected chi connectivity index (χ3v) is 4.02. The fourth-order valence-corrected chi connectivity index (χ4v) is 2.48. The van der Waals surface area contributed by atoms with Gasteiger partial charge in [0, 0.05) is 18.2 Å². The minimum Gasteiger partial charge on any atom is -0.348 e. The molecule has 2 heterocycles. The topological polar surface area (TPSA) is 72.7 Å². The van der Waals surface area contributed by atoms with Gasteiger partial charge < -0.3 is 5.32 Å². The molecule has 0 fully saturated rings. The summed E-state index contributed by atoms with van der Waals surface area (Å²) in [6.07, 6.45) is 2.51. The van der Waals surface area contributed by atoms with Crippen molar-refractivity contribution in [3.8, 4) is 11.3 Å². The highest BCUT2D eigenvalue weighted by molar-refractivity contribution is 5.99. The first-order valence-electron chi connectivity index (χ1n) is 8.23. The molecule has 0 bridgehead atoms. The Morgan fingerprint density at radius 1 is 1.21 bits per heavy atom. The van der Waals surface area contributed by atoms with Gasteiger partial charge in [0.2, 0.25) is 0 Å². The summed E-state index contributed by atoms with van der Waals surface area (Å²) >= 11 is 0. The van der Waals surface area contributed by atoms with Gasteiger partial charge >= 0.3 is 0 Å². The summed E-state index contributed by atoms with van der Waals surface area (Å²) in [6, 6.07) is 9.73. The highest BCUT2D eigenvalue weighted by Gasteiger charge is 2.20. The first kappa shape index (κ1) is 16.1. The molecule has 0 saturated heterocycles. The summed E-state index contributed by atoms with van der Waals surface area (Å²) in [4.78, 5) is 21.9. The third kappa shape index (κ3) is 2.99. The number of benzene rings is 1. The lowest BCUT2D eigenvalue weighted by Crippen LogP contribution is -2.33. The highest BCUT2D eigenvalue weighted by Crippen LogP contribution is 2.23. The predicted molar refractivity (Wildman–Crippen MR) is 93.7 cm³/mol. The van der Waals surface area contributed by atoms with Crippen LogP contribution in [0.2, 0.25) is 0 Å². The molecule has 3 aromatic rings. The van der Waals surface area contributed by atoms with Crippen molar-refractivity contribution in [2.75, 3.05) is 0 Å². The Balaban J connectivity index is 2.17. The molecule has 1 atom stereocenters. The number of nitrogens with one attached hydrogen (secondary N) is 1. The lowest BCUT2D eigenvalue weighted by atomic mass is 10.1. The van der Waals surface area contributed by atoms with Gasteiger partial charge in [0.1, 0.15) is 11.2 Å². The molecule has 1 unspecified atom stereocenters. The quantitative estimate of drug-likeness (QED) is 0.783. The van der Waals surface area contributed by atoms with Gasteiger partial charge in [0.05, 0.1) is 6.20 Å². The molecule has 3 rings (SSSR count). The van der Waals surface area contributed by atoms with Crippen LogP contribution in [0.4, 0.5) is 0 Å². The maximum absolute atomic E-state index is 12.7. The normalized spacial score (nSPS) is 12.3. The molecule has 2 aromatic heterocycles. The zero-order valence-corrected chi connectivity index (χ0v) is 14.2. The molecular formula is C18H21N5O. The van der Waals surface area contributed by atoms with Crippen LogP contribution < -0.4 is 5.32 Å². The summed E-state index contributed by atoms with van der Waals surface area (Å²) in [5, 5.41) is 7.26. The summed E-state index contributed by atoms with van der Waals surface area (Å²) < 4.78 is 1.78. The Morgan fingerprint density at radius 3 is 2.62 bits per heavy atom. The number of aryl methyl sites for hydroxylation is 1. The molecule has 0 saturated carbocycles. The number of nitrogens with zero attached hydrogens (tertiary/aromatic N) is 4. The third-order valence-electron chi connectivity index (χ3n) is 4.02. The number of rotatable bonds is 5. The molecule has 1 amide bonds. The number of amides is 1. The van der Waals surface area contributed by atoms with Crippen LogP contribution in [-0.2, 0) is 6.54 Å². The van der Waals surface area contributed by atoms with E-state index in [9.17, 15) is 4.79 Å². The van der Waals surface area contributed by atoms with Gasteiger partial charge in [-0.1, -0.05) is 37.3 Å². The van der Waals surface area contributed by atoms with Gasteiger partial charge in [-0.25, -0.2) is 14.6 Å². The second-order valence-electron chi connectivity index (χ2n) is 5.74. The lowest BCUT2D eigenvalue weighted by molar-refractivity contribution is 0.0935. The van der Waals surface area contributed by atoms with Crippen molar-refractivity contribution in [1.82, 2.24) is 25.1 Å². The number of hydrogen-bond donors (Lipinski definition) is 1. The lowest BCUT2D eigenvalue weighted by Gasteiger charge is -2.13. The van der Waals surface area contributed by atoms with Crippen LogP contribution in [-0.4, -0.2) is 31.7 Å². The fourth-order valence-electron chi connectivity index (χ4n) is 2.48. The Labute approximate surface area is 140 Å². The van der Waals surface area contributed by atoms with E-state index < -0.39 is 0 Å². The number of fused-ring (bicyclic) bond motifs is 1. The first-order chi connectivity index (χ1) is 11.6. The number of hydrogen-bond acceptors (Lipinski definition) is 4. The van der Waals surface area contributed by atoms with Gasteiger partial charge in [0.15, 0.2) is 11.3 Å². The summed E-state index contributed by atoms with van der Waals surface area (Å²) in [6.45, 7) is 6.70. The average Bonchev–Trinajstić information content (AvgIpc) is 3.03. The molecule has 0 aliphatic rings. The molecule has 0 aliphatic carbocycles. The maximum Gasteiger partial charge on any atom is 0.272 e. The number of aromatic nitrogens is 4. The van der Waals surface area contributed by atoms with Gasteiger partial charge in [-0.2, -0.15) is 5.10 Å². The predicted octanol–water partition coefficient (Wildman–Crippen LogP) is 3.04. The summed E-state index contributed by atoms with van der Waals surface area (Å²) in [5.74, 6) is -0.207. The summed E-state index contributed by atoms with van der Waals surface area (Å²) in [7, 11) is 0. The van der Waals surface area contributed by atoms with Crippen LogP contribution >= 0.6 is 0 Å². The maximum atomic E-state index is 12.7. The first-order valence-corrected chi connectivity index (χ1v) is 8.23. The monoisotopic (exact) mass is 323 g/mol. The van der Waals surface area contributed by atoms with Crippen LogP contribution in [0.5, 0.6) is 0 Å². The van der Waals surface area contributed by atoms with Crippen molar-refractivity contribution < 1.29 is 4.79 Å². The van der Waals surface area contributed by atoms with E-state index in [4.69, 9.17) is 4.98 Å².